The highest BCUT2D eigenvalue weighted by molar-refractivity contribution is 7.09. The first-order chi connectivity index (χ1) is 13.7. The number of pyridine rings is 1. The summed E-state index contributed by atoms with van der Waals surface area (Å²) in [7, 11) is 1.68. The van der Waals surface area contributed by atoms with Gasteiger partial charge in [0, 0.05) is 40.5 Å². The predicted octanol–water partition coefficient (Wildman–Crippen LogP) is 5.10. The van der Waals surface area contributed by atoms with Crippen LogP contribution in [0.1, 0.15) is 11.4 Å². The number of nitrogens with zero attached hydrogens (tertiary/aromatic N) is 2. The molecule has 0 unspecified atom stereocenters. The van der Waals surface area contributed by atoms with Gasteiger partial charge in [-0.05, 0) is 49.4 Å². The molecule has 2 heterocycles. The van der Waals surface area contributed by atoms with Crippen molar-refractivity contribution in [3.8, 4) is 5.75 Å². The quantitative estimate of drug-likeness (QED) is 0.311. The van der Waals surface area contributed by atoms with Gasteiger partial charge in [-0.25, -0.2) is 9.97 Å². The number of benzene rings is 2. The van der Waals surface area contributed by atoms with Crippen molar-refractivity contribution in [3.63, 3.8) is 0 Å². The third-order valence-corrected chi connectivity index (χ3v) is 5.55. The number of nitrogens with one attached hydrogen (secondary N) is 2. The van der Waals surface area contributed by atoms with E-state index in [2.05, 4.69) is 15.6 Å². The van der Waals surface area contributed by atoms with Gasteiger partial charge < -0.3 is 15.4 Å². The molecule has 0 bridgehead atoms. The third kappa shape index (κ3) is 4.19. The van der Waals surface area contributed by atoms with Gasteiger partial charge in [0.25, 0.3) is 0 Å². The van der Waals surface area contributed by atoms with E-state index in [0.717, 1.165) is 64.3 Å². The molecule has 28 heavy (non-hydrogen) atoms. The van der Waals surface area contributed by atoms with Crippen LogP contribution in [0.15, 0.2) is 48.0 Å². The number of fused-ring (bicyclic) bond motifs is 2. The molecule has 4 rings (SSSR count). The average Bonchev–Trinajstić information content (AvgIpc) is 3.22. The normalized spacial score (nSPS) is 11.2. The predicted molar refractivity (Wildman–Crippen MR) is 118 cm³/mol. The minimum Gasteiger partial charge on any atom is -0.497 e. The molecule has 0 amide bonds. The third-order valence-electron chi connectivity index (χ3n) is 4.53. The summed E-state index contributed by atoms with van der Waals surface area (Å²) in [5.74, 6) is 0.816. The molecular formula is C21H21ClN4OS. The van der Waals surface area contributed by atoms with Crippen LogP contribution in [0, 0.1) is 0 Å². The lowest BCUT2D eigenvalue weighted by atomic mass is 10.1. The molecule has 2 aromatic carbocycles. The van der Waals surface area contributed by atoms with Crippen LogP contribution in [-0.2, 0) is 6.54 Å². The first-order valence-electron chi connectivity index (χ1n) is 9.14. The van der Waals surface area contributed by atoms with Gasteiger partial charge in [0.1, 0.15) is 10.8 Å². The Morgan fingerprint density at radius 3 is 2.82 bits per heavy atom. The number of methoxy groups -OCH3 is 1. The summed E-state index contributed by atoms with van der Waals surface area (Å²) in [4.78, 5) is 9.05. The Kier molecular flexibility index (Phi) is 5.90. The molecule has 0 saturated carbocycles. The molecule has 144 valence electrons. The van der Waals surface area contributed by atoms with Gasteiger partial charge in [0.2, 0.25) is 0 Å². The van der Waals surface area contributed by atoms with Crippen molar-refractivity contribution in [1.29, 1.82) is 0 Å². The van der Waals surface area contributed by atoms with Crippen molar-refractivity contribution in [3.05, 3.63) is 58.0 Å². The summed E-state index contributed by atoms with van der Waals surface area (Å²) in [5, 5.41) is 12.9. The van der Waals surface area contributed by atoms with Crippen molar-refractivity contribution in [1.82, 2.24) is 15.3 Å². The van der Waals surface area contributed by atoms with Crippen molar-refractivity contribution >= 4 is 50.4 Å². The molecule has 0 atom stereocenters. The van der Waals surface area contributed by atoms with E-state index in [4.69, 9.17) is 21.3 Å². The summed E-state index contributed by atoms with van der Waals surface area (Å²) in [6.07, 6.45) is 2.83. The number of halogens is 1. The minimum atomic E-state index is 0.685. The molecule has 5 nitrogen and oxygen atoms in total. The van der Waals surface area contributed by atoms with Crippen molar-refractivity contribution in [2.45, 2.75) is 13.0 Å². The van der Waals surface area contributed by atoms with Crippen LogP contribution in [0.25, 0.3) is 21.8 Å². The van der Waals surface area contributed by atoms with E-state index >= 15 is 0 Å². The zero-order chi connectivity index (χ0) is 19.3. The van der Waals surface area contributed by atoms with Crippen LogP contribution in [0.4, 0.5) is 5.69 Å². The van der Waals surface area contributed by atoms with Gasteiger partial charge in [0.05, 0.1) is 23.8 Å². The number of hydrogen-bond donors (Lipinski definition) is 2. The zero-order valence-corrected chi connectivity index (χ0v) is 17.1. The first-order valence-corrected chi connectivity index (χ1v) is 10.4. The molecule has 7 heteroatoms. The summed E-state index contributed by atoms with van der Waals surface area (Å²) in [6.45, 7) is 2.58. The SMILES string of the molecule is COc1ccc2nc3cc(Cl)ccc3c(NCCCNCc3nccs3)c2c1. The number of aromatic nitrogens is 2. The van der Waals surface area contributed by atoms with E-state index in [1.54, 1.807) is 18.4 Å². The van der Waals surface area contributed by atoms with Crippen LogP contribution >= 0.6 is 22.9 Å². The topological polar surface area (TPSA) is 59.1 Å². The Bertz CT molecular complexity index is 1080. The Balaban J connectivity index is 1.52. The lowest BCUT2D eigenvalue weighted by Gasteiger charge is -2.14. The van der Waals surface area contributed by atoms with Gasteiger partial charge in [-0.2, -0.15) is 0 Å². The van der Waals surface area contributed by atoms with E-state index in [0.29, 0.717) is 5.02 Å². The summed E-state index contributed by atoms with van der Waals surface area (Å²) < 4.78 is 5.41. The second kappa shape index (κ2) is 8.73. The van der Waals surface area contributed by atoms with Gasteiger partial charge in [-0.15, -0.1) is 11.3 Å². The molecule has 2 N–H and O–H groups in total. The second-order valence-corrected chi connectivity index (χ2v) is 7.83. The molecule has 0 spiro atoms. The van der Waals surface area contributed by atoms with E-state index in [1.807, 2.05) is 48.0 Å². The fraction of sp³-hybridized carbons (Fsp3) is 0.238. The fourth-order valence-electron chi connectivity index (χ4n) is 3.18. The van der Waals surface area contributed by atoms with Crippen LogP contribution in [0.3, 0.4) is 0 Å². The van der Waals surface area contributed by atoms with Crippen molar-refractivity contribution in [2.24, 2.45) is 0 Å². The number of rotatable bonds is 8. The Morgan fingerprint density at radius 2 is 2.00 bits per heavy atom. The monoisotopic (exact) mass is 412 g/mol. The van der Waals surface area contributed by atoms with Crippen molar-refractivity contribution in [2.75, 3.05) is 25.5 Å². The average molecular weight is 413 g/mol. The maximum Gasteiger partial charge on any atom is 0.119 e. The first kappa shape index (κ1) is 18.9. The van der Waals surface area contributed by atoms with Gasteiger partial charge >= 0.3 is 0 Å². The molecule has 4 aromatic rings. The number of anilines is 1. The minimum absolute atomic E-state index is 0.685. The fourth-order valence-corrected chi connectivity index (χ4v) is 3.93. The van der Waals surface area contributed by atoms with E-state index < -0.39 is 0 Å². The highest BCUT2D eigenvalue weighted by Gasteiger charge is 2.10. The summed E-state index contributed by atoms with van der Waals surface area (Å²) in [5.41, 5.74) is 2.87. The maximum absolute atomic E-state index is 6.18. The lowest BCUT2D eigenvalue weighted by Crippen LogP contribution is -2.17. The van der Waals surface area contributed by atoms with E-state index in [9.17, 15) is 0 Å². The van der Waals surface area contributed by atoms with Gasteiger partial charge in [0.15, 0.2) is 0 Å². The molecule has 0 aliphatic carbocycles. The smallest absolute Gasteiger partial charge is 0.119 e. The van der Waals surface area contributed by atoms with Crippen LogP contribution in [0.5, 0.6) is 5.75 Å². The summed E-state index contributed by atoms with van der Waals surface area (Å²) >= 11 is 7.85. The Hall–Kier alpha value is -2.41. The molecule has 0 aliphatic rings. The molecule has 0 radical (unpaired) electrons. The molecule has 0 saturated heterocycles. The highest BCUT2D eigenvalue weighted by atomic mass is 35.5. The summed E-state index contributed by atoms with van der Waals surface area (Å²) in [6, 6.07) is 11.8. The van der Waals surface area contributed by atoms with Crippen LogP contribution < -0.4 is 15.4 Å². The van der Waals surface area contributed by atoms with Crippen LogP contribution in [-0.4, -0.2) is 30.2 Å². The lowest BCUT2D eigenvalue weighted by molar-refractivity contribution is 0.415. The largest absolute Gasteiger partial charge is 0.497 e. The standard InChI is InChI=1S/C21H21ClN4OS/c1-27-15-4-6-18-17(12-15)21(16-5-3-14(22)11-19(16)26-18)25-8-2-7-23-13-20-24-9-10-28-20/h3-6,9-12,23H,2,7-8,13H2,1H3,(H,25,26). The molecule has 0 aliphatic heterocycles. The van der Waals surface area contributed by atoms with E-state index in [-0.39, 0.29) is 0 Å². The molecule has 2 aromatic heterocycles. The van der Waals surface area contributed by atoms with E-state index in [1.165, 1.54) is 0 Å². The Morgan fingerprint density at radius 1 is 1.07 bits per heavy atom. The van der Waals surface area contributed by atoms with Gasteiger partial charge in [-0.1, -0.05) is 11.6 Å². The molecule has 0 fully saturated rings. The maximum atomic E-state index is 6.18. The van der Waals surface area contributed by atoms with Crippen LogP contribution in [0.2, 0.25) is 5.02 Å². The Labute approximate surface area is 172 Å². The number of ether oxygens (including phenoxy) is 1. The highest BCUT2D eigenvalue weighted by Crippen LogP contribution is 2.34. The van der Waals surface area contributed by atoms with Gasteiger partial charge in [-0.3, -0.25) is 0 Å². The number of hydrogen-bond acceptors (Lipinski definition) is 6. The number of thiazole rings is 1. The van der Waals surface area contributed by atoms with Crippen molar-refractivity contribution < 1.29 is 4.74 Å². The zero-order valence-electron chi connectivity index (χ0n) is 15.5. The molecular weight excluding hydrogens is 392 g/mol. The second-order valence-electron chi connectivity index (χ2n) is 6.41.